The number of hydrogen-bond acceptors (Lipinski definition) is 4. The molecule has 0 saturated carbocycles. The zero-order chi connectivity index (χ0) is 16.3. The fourth-order valence-electron chi connectivity index (χ4n) is 2.49. The Morgan fingerprint density at radius 2 is 1.77 bits per heavy atom. The van der Waals surface area contributed by atoms with Gasteiger partial charge in [0.2, 0.25) is 5.91 Å². The van der Waals surface area contributed by atoms with Crippen LogP contribution in [0, 0.1) is 5.41 Å². The van der Waals surface area contributed by atoms with Crippen LogP contribution >= 0.6 is 11.3 Å². The Morgan fingerprint density at radius 3 is 2.36 bits per heavy atom. The summed E-state index contributed by atoms with van der Waals surface area (Å²) in [6, 6.07) is 1.77. The molecule has 2 rings (SSSR count). The van der Waals surface area contributed by atoms with Crippen molar-refractivity contribution in [3.8, 4) is 5.75 Å². The highest BCUT2D eigenvalue weighted by molar-refractivity contribution is 7.12. The van der Waals surface area contributed by atoms with Gasteiger partial charge in [-0.1, -0.05) is 20.8 Å². The largest absolute Gasteiger partial charge is 0.496 e. The normalized spacial score (nSPS) is 16.4. The zero-order valence-electron chi connectivity index (χ0n) is 13.7. The molecule has 1 aliphatic rings. The highest BCUT2D eigenvalue weighted by atomic mass is 32.1. The predicted octanol–water partition coefficient (Wildman–Crippen LogP) is 2.48. The summed E-state index contributed by atoms with van der Waals surface area (Å²) in [5.41, 5.74) is -0.375. The minimum atomic E-state index is -0.375. The fourth-order valence-corrected chi connectivity index (χ4v) is 3.31. The van der Waals surface area contributed by atoms with Crippen molar-refractivity contribution in [3.63, 3.8) is 0 Å². The molecule has 1 aromatic heterocycles. The van der Waals surface area contributed by atoms with Crippen molar-refractivity contribution in [2.75, 3.05) is 33.3 Å². The Morgan fingerprint density at radius 1 is 1.14 bits per heavy atom. The summed E-state index contributed by atoms with van der Waals surface area (Å²) in [6.07, 6.45) is 0.816. The minimum Gasteiger partial charge on any atom is -0.496 e. The summed E-state index contributed by atoms with van der Waals surface area (Å²) in [6.45, 7) is 8.38. The van der Waals surface area contributed by atoms with E-state index in [0.29, 0.717) is 36.8 Å². The Kier molecular flexibility index (Phi) is 5.11. The smallest absolute Gasteiger partial charge is 0.264 e. The van der Waals surface area contributed by atoms with Crippen molar-refractivity contribution in [1.29, 1.82) is 0 Å². The number of ether oxygens (including phenoxy) is 1. The van der Waals surface area contributed by atoms with Crippen molar-refractivity contribution < 1.29 is 14.3 Å². The van der Waals surface area contributed by atoms with Gasteiger partial charge in [-0.15, -0.1) is 11.3 Å². The van der Waals surface area contributed by atoms with Crippen molar-refractivity contribution in [3.05, 3.63) is 16.3 Å². The van der Waals surface area contributed by atoms with Crippen LogP contribution in [0.25, 0.3) is 0 Å². The summed E-state index contributed by atoms with van der Waals surface area (Å²) >= 11 is 1.40. The first-order valence-corrected chi connectivity index (χ1v) is 8.42. The van der Waals surface area contributed by atoms with E-state index in [4.69, 9.17) is 4.74 Å². The van der Waals surface area contributed by atoms with Gasteiger partial charge in [0, 0.05) is 43.0 Å². The summed E-state index contributed by atoms with van der Waals surface area (Å²) in [4.78, 5) is 29.3. The number of methoxy groups -OCH3 is 1. The highest BCUT2D eigenvalue weighted by Gasteiger charge is 2.29. The van der Waals surface area contributed by atoms with Crippen LogP contribution < -0.4 is 4.74 Å². The molecule has 22 heavy (non-hydrogen) atoms. The molecule has 2 amide bonds. The first kappa shape index (κ1) is 16.8. The molecule has 0 spiro atoms. The van der Waals surface area contributed by atoms with Gasteiger partial charge >= 0.3 is 0 Å². The number of nitrogens with zero attached hydrogens (tertiary/aromatic N) is 2. The van der Waals surface area contributed by atoms with Crippen LogP contribution in [0.1, 0.15) is 36.9 Å². The van der Waals surface area contributed by atoms with Gasteiger partial charge in [-0.2, -0.15) is 0 Å². The van der Waals surface area contributed by atoms with Crippen molar-refractivity contribution >= 4 is 23.2 Å². The standard InChI is InChI=1S/C16H24N2O3S/c1-16(2,3)15(20)18-7-5-6-17(8-9-18)14(19)13-10-12(21-4)11-22-13/h10-11H,5-9H2,1-4H3. The molecule has 0 unspecified atom stereocenters. The lowest BCUT2D eigenvalue weighted by molar-refractivity contribution is -0.139. The Hall–Kier alpha value is -1.56. The lowest BCUT2D eigenvalue weighted by Crippen LogP contribution is -2.42. The SMILES string of the molecule is COc1csc(C(=O)N2CCCN(C(=O)C(C)(C)C)CC2)c1. The first-order chi connectivity index (χ1) is 10.3. The molecular weight excluding hydrogens is 300 g/mol. The maximum atomic E-state index is 12.5. The number of carbonyl (C=O) groups is 2. The van der Waals surface area contributed by atoms with E-state index >= 15 is 0 Å². The number of thiophene rings is 1. The molecule has 5 nitrogen and oxygen atoms in total. The lowest BCUT2D eigenvalue weighted by atomic mass is 9.94. The quantitative estimate of drug-likeness (QED) is 0.840. The van der Waals surface area contributed by atoms with Gasteiger partial charge in [0.1, 0.15) is 5.75 Å². The van der Waals surface area contributed by atoms with Gasteiger partial charge < -0.3 is 14.5 Å². The minimum absolute atomic E-state index is 0.0263. The molecule has 0 atom stereocenters. The second-order valence-corrected chi connectivity index (χ2v) is 7.45. The monoisotopic (exact) mass is 324 g/mol. The number of carbonyl (C=O) groups excluding carboxylic acids is 2. The lowest BCUT2D eigenvalue weighted by Gasteiger charge is -2.28. The van der Waals surface area contributed by atoms with Crippen molar-refractivity contribution in [2.24, 2.45) is 5.41 Å². The van der Waals surface area contributed by atoms with E-state index in [9.17, 15) is 9.59 Å². The molecule has 0 bridgehead atoms. The fraction of sp³-hybridized carbons (Fsp3) is 0.625. The van der Waals surface area contributed by atoms with E-state index in [0.717, 1.165) is 6.42 Å². The second-order valence-electron chi connectivity index (χ2n) is 6.54. The van der Waals surface area contributed by atoms with Crippen LogP contribution in [0.15, 0.2) is 11.4 Å². The number of hydrogen-bond donors (Lipinski definition) is 0. The van der Waals surface area contributed by atoms with Crippen LogP contribution in [-0.2, 0) is 4.79 Å². The summed E-state index contributed by atoms with van der Waals surface area (Å²) in [7, 11) is 1.60. The summed E-state index contributed by atoms with van der Waals surface area (Å²) < 4.78 is 5.13. The third-order valence-electron chi connectivity index (χ3n) is 3.73. The van der Waals surface area contributed by atoms with Crippen LogP contribution in [0.4, 0.5) is 0 Å². The molecule has 6 heteroatoms. The van der Waals surface area contributed by atoms with E-state index in [1.165, 1.54) is 11.3 Å². The Bertz CT molecular complexity index is 548. The van der Waals surface area contributed by atoms with Gasteiger partial charge in [-0.3, -0.25) is 9.59 Å². The van der Waals surface area contributed by atoms with Crippen molar-refractivity contribution in [2.45, 2.75) is 27.2 Å². The van der Waals surface area contributed by atoms with Crippen LogP contribution in [-0.4, -0.2) is 54.9 Å². The zero-order valence-corrected chi connectivity index (χ0v) is 14.5. The maximum Gasteiger partial charge on any atom is 0.264 e. The highest BCUT2D eigenvalue weighted by Crippen LogP contribution is 2.24. The van der Waals surface area contributed by atoms with Crippen molar-refractivity contribution in [1.82, 2.24) is 9.80 Å². The molecule has 122 valence electrons. The van der Waals surface area contributed by atoms with E-state index in [2.05, 4.69) is 0 Å². The van der Waals surface area contributed by atoms with E-state index in [1.54, 1.807) is 13.2 Å². The van der Waals surface area contributed by atoms with E-state index in [-0.39, 0.29) is 17.2 Å². The van der Waals surface area contributed by atoms with Crippen LogP contribution in [0.2, 0.25) is 0 Å². The van der Waals surface area contributed by atoms with Gasteiger partial charge in [0.15, 0.2) is 0 Å². The predicted molar refractivity (Wildman–Crippen MR) is 87.4 cm³/mol. The molecule has 1 fully saturated rings. The average molecular weight is 324 g/mol. The van der Waals surface area contributed by atoms with Gasteiger partial charge in [-0.25, -0.2) is 0 Å². The molecule has 0 aromatic carbocycles. The molecular formula is C16H24N2O3S. The Balaban J connectivity index is 2.01. The summed E-state index contributed by atoms with van der Waals surface area (Å²) in [5.74, 6) is 0.894. The third kappa shape index (κ3) is 3.80. The van der Waals surface area contributed by atoms with Gasteiger partial charge in [0.05, 0.1) is 12.0 Å². The molecule has 1 aromatic rings. The molecule has 0 aliphatic carbocycles. The third-order valence-corrected chi connectivity index (χ3v) is 4.63. The number of amides is 2. The first-order valence-electron chi connectivity index (χ1n) is 7.54. The van der Waals surface area contributed by atoms with Crippen LogP contribution in [0.5, 0.6) is 5.75 Å². The average Bonchev–Trinajstić information content (AvgIpc) is 2.82. The van der Waals surface area contributed by atoms with Crippen LogP contribution in [0.3, 0.4) is 0 Å². The summed E-state index contributed by atoms with van der Waals surface area (Å²) in [5, 5.41) is 1.83. The van der Waals surface area contributed by atoms with Gasteiger partial charge in [0.25, 0.3) is 5.91 Å². The van der Waals surface area contributed by atoms with E-state index < -0.39 is 0 Å². The topological polar surface area (TPSA) is 49.9 Å². The molecule has 2 heterocycles. The Labute approximate surface area is 135 Å². The van der Waals surface area contributed by atoms with E-state index in [1.807, 2.05) is 36.0 Å². The molecule has 0 radical (unpaired) electrons. The molecule has 0 N–H and O–H groups in total. The number of rotatable bonds is 2. The second kappa shape index (κ2) is 6.69. The molecule has 1 aliphatic heterocycles. The maximum absolute atomic E-state index is 12.5. The molecule has 1 saturated heterocycles. The van der Waals surface area contributed by atoms with Gasteiger partial charge in [-0.05, 0) is 6.42 Å².